The van der Waals surface area contributed by atoms with Crippen LogP contribution in [0.15, 0.2) is 53.6 Å². The van der Waals surface area contributed by atoms with Crippen molar-refractivity contribution in [2.24, 2.45) is 5.14 Å². The van der Waals surface area contributed by atoms with Crippen molar-refractivity contribution in [3.63, 3.8) is 0 Å². The van der Waals surface area contributed by atoms with Gasteiger partial charge in [0, 0.05) is 36.3 Å². The van der Waals surface area contributed by atoms with Crippen LogP contribution in [0.4, 0.5) is 5.69 Å². The molecule has 1 atom stereocenters. The van der Waals surface area contributed by atoms with Gasteiger partial charge in [0.15, 0.2) is 0 Å². The van der Waals surface area contributed by atoms with E-state index in [9.17, 15) is 23.3 Å². The second-order valence-corrected chi connectivity index (χ2v) is 7.96. The number of hydrogen-bond acceptors (Lipinski definition) is 5. The highest BCUT2D eigenvalue weighted by atomic mass is 32.2. The number of nitro benzene ring substituents is 1. The van der Waals surface area contributed by atoms with Crippen LogP contribution in [0.2, 0.25) is 0 Å². The first-order valence-electron chi connectivity index (χ1n) is 8.25. The lowest BCUT2D eigenvalue weighted by molar-refractivity contribution is -0.384. The zero-order valence-electron chi connectivity index (χ0n) is 15.1. The minimum absolute atomic E-state index is 0.0413. The van der Waals surface area contributed by atoms with Crippen LogP contribution < -0.4 is 5.14 Å². The van der Waals surface area contributed by atoms with Gasteiger partial charge in [-0.3, -0.25) is 14.9 Å². The molecule has 2 aromatic carbocycles. The van der Waals surface area contributed by atoms with E-state index in [1.807, 2.05) is 0 Å². The Hall–Kier alpha value is -3.24. The molecule has 1 unspecified atom stereocenters. The van der Waals surface area contributed by atoms with Crippen molar-refractivity contribution >= 4 is 32.5 Å². The highest BCUT2D eigenvalue weighted by Crippen LogP contribution is 2.28. The Labute approximate surface area is 161 Å². The van der Waals surface area contributed by atoms with E-state index in [0.29, 0.717) is 16.5 Å². The number of carbonyl (C=O) groups excluding carboxylic acids is 1. The predicted octanol–water partition coefficient (Wildman–Crippen LogP) is 2.56. The van der Waals surface area contributed by atoms with Gasteiger partial charge in [0.25, 0.3) is 11.6 Å². The molecule has 3 rings (SSSR count). The minimum Gasteiger partial charge on any atom is -0.360 e. The monoisotopic (exact) mass is 402 g/mol. The summed E-state index contributed by atoms with van der Waals surface area (Å²) in [5, 5.41) is 16.6. The number of benzene rings is 2. The number of nitrogens with zero attached hydrogens (tertiary/aromatic N) is 2. The zero-order chi connectivity index (χ0) is 20.6. The number of carbonyl (C=O) groups is 1. The maximum Gasteiger partial charge on any atom is 0.270 e. The third kappa shape index (κ3) is 3.59. The number of nitro groups is 1. The van der Waals surface area contributed by atoms with Crippen molar-refractivity contribution in [3.05, 3.63) is 69.9 Å². The molecule has 0 aliphatic carbocycles. The molecule has 0 bridgehead atoms. The average molecular weight is 402 g/mol. The van der Waals surface area contributed by atoms with E-state index in [1.165, 1.54) is 35.4 Å². The lowest BCUT2D eigenvalue weighted by Gasteiger charge is -2.25. The second-order valence-electron chi connectivity index (χ2n) is 6.40. The number of hydrogen-bond donors (Lipinski definition) is 2. The van der Waals surface area contributed by atoms with Crippen LogP contribution in [0, 0.1) is 10.1 Å². The molecular weight excluding hydrogens is 384 g/mol. The molecule has 0 saturated heterocycles. The van der Waals surface area contributed by atoms with Crippen molar-refractivity contribution in [1.82, 2.24) is 9.88 Å². The summed E-state index contributed by atoms with van der Waals surface area (Å²) in [6.07, 6.45) is 1.50. The Kier molecular flexibility index (Phi) is 4.92. The third-order valence-corrected chi connectivity index (χ3v) is 5.59. The van der Waals surface area contributed by atoms with Crippen LogP contribution in [0.3, 0.4) is 0 Å². The van der Waals surface area contributed by atoms with E-state index in [0.717, 1.165) is 0 Å². The summed E-state index contributed by atoms with van der Waals surface area (Å²) in [6.45, 7) is 1.75. The number of aromatic nitrogens is 1. The van der Waals surface area contributed by atoms with Gasteiger partial charge in [-0.15, -0.1) is 0 Å². The van der Waals surface area contributed by atoms with E-state index in [-0.39, 0.29) is 22.1 Å². The number of sulfonamides is 1. The first kappa shape index (κ1) is 19.5. The summed E-state index contributed by atoms with van der Waals surface area (Å²) in [5.74, 6) is -0.361. The third-order valence-electron chi connectivity index (χ3n) is 4.68. The Balaban J connectivity index is 1.96. The molecule has 0 radical (unpaired) electrons. The van der Waals surface area contributed by atoms with Crippen molar-refractivity contribution < 1.29 is 18.1 Å². The molecule has 0 saturated carbocycles. The molecule has 0 aliphatic heterocycles. The highest BCUT2D eigenvalue weighted by molar-refractivity contribution is 7.89. The average Bonchev–Trinajstić information content (AvgIpc) is 3.08. The minimum atomic E-state index is -3.86. The number of amides is 1. The smallest absolute Gasteiger partial charge is 0.270 e. The van der Waals surface area contributed by atoms with Crippen LogP contribution in [0.25, 0.3) is 10.9 Å². The quantitative estimate of drug-likeness (QED) is 0.499. The number of H-pyrrole nitrogens is 1. The molecule has 1 heterocycles. The molecule has 146 valence electrons. The van der Waals surface area contributed by atoms with Crippen LogP contribution in [-0.2, 0) is 10.0 Å². The summed E-state index contributed by atoms with van der Waals surface area (Å²) in [5.41, 5.74) is 1.37. The molecule has 0 aliphatic rings. The molecule has 28 heavy (non-hydrogen) atoms. The van der Waals surface area contributed by atoms with Gasteiger partial charge in [-0.25, -0.2) is 13.6 Å². The van der Waals surface area contributed by atoms with Crippen molar-refractivity contribution in [3.8, 4) is 0 Å². The van der Waals surface area contributed by atoms with Gasteiger partial charge < -0.3 is 9.88 Å². The lowest BCUT2D eigenvalue weighted by Crippen LogP contribution is -2.29. The largest absolute Gasteiger partial charge is 0.360 e. The Morgan fingerprint density at radius 3 is 2.61 bits per heavy atom. The Bertz CT molecular complexity index is 1190. The van der Waals surface area contributed by atoms with E-state index in [4.69, 9.17) is 5.14 Å². The fourth-order valence-electron chi connectivity index (χ4n) is 2.94. The van der Waals surface area contributed by atoms with Crippen molar-refractivity contribution in [2.45, 2.75) is 17.9 Å². The number of non-ortho nitro benzene ring substituents is 1. The number of fused-ring (bicyclic) bond motifs is 1. The summed E-state index contributed by atoms with van der Waals surface area (Å²) >= 11 is 0. The van der Waals surface area contributed by atoms with Crippen molar-refractivity contribution in [1.29, 1.82) is 0 Å². The number of nitrogens with one attached hydrogen (secondary N) is 1. The van der Waals surface area contributed by atoms with Crippen LogP contribution in [0.5, 0.6) is 0 Å². The first-order chi connectivity index (χ1) is 13.1. The molecule has 0 spiro atoms. The SMILES string of the molecule is CC(c1cccc(S(N)(=O)=O)c1)N(C)C(=O)c1c[nH]c2ccc([N+](=O)[O-])cc12. The summed E-state index contributed by atoms with van der Waals surface area (Å²) in [6, 6.07) is 9.84. The predicted molar refractivity (Wildman–Crippen MR) is 103 cm³/mol. The van der Waals surface area contributed by atoms with E-state index < -0.39 is 21.0 Å². The molecule has 10 heteroatoms. The van der Waals surface area contributed by atoms with Crippen LogP contribution in [0.1, 0.15) is 28.9 Å². The van der Waals surface area contributed by atoms with Gasteiger partial charge in [-0.2, -0.15) is 0 Å². The number of rotatable bonds is 5. The maximum absolute atomic E-state index is 13.0. The fraction of sp³-hybridized carbons (Fsp3) is 0.167. The highest BCUT2D eigenvalue weighted by Gasteiger charge is 2.23. The number of primary sulfonamides is 1. The van der Waals surface area contributed by atoms with E-state index in [1.54, 1.807) is 32.2 Å². The summed E-state index contributed by atoms with van der Waals surface area (Å²) < 4.78 is 23.1. The van der Waals surface area contributed by atoms with Gasteiger partial charge in [-0.1, -0.05) is 12.1 Å². The summed E-state index contributed by atoms with van der Waals surface area (Å²) in [7, 11) is -2.29. The van der Waals surface area contributed by atoms with Crippen LogP contribution in [-0.4, -0.2) is 36.2 Å². The van der Waals surface area contributed by atoms with E-state index >= 15 is 0 Å². The van der Waals surface area contributed by atoms with Gasteiger partial charge >= 0.3 is 0 Å². The van der Waals surface area contributed by atoms with Gasteiger partial charge in [-0.05, 0) is 30.7 Å². The molecule has 1 aromatic heterocycles. The molecule has 0 fully saturated rings. The Morgan fingerprint density at radius 1 is 1.25 bits per heavy atom. The normalized spacial score (nSPS) is 12.7. The number of aromatic amines is 1. The van der Waals surface area contributed by atoms with Gasteiger partial charge in [0.1, 0.15) is 0 Å². The second kappa shape index (κ2) is 7.06. The molecule has 1 amide bonds. The topological polar surface area (TPSA) is 139 Å². The first-order valence-corrected chi connectivity index (χ1v) is 9.79. The van der Waals surface area contributed by atoms with Gasteiger partial charge in [0.2, 0.25) is 10.0 Å². The fourth-order valence-corrected chi connectivity index (χ4v) is 3.51. The molecule has 3 N–H and O–H groups in total. The zero-order valence-corrected chi connectivity index (χ0v) is 15.9. The maximum atomic E-state index is 13.0. The van der Waals surface area contributed by atoms with Gasteiger partial charge in [0.05, 0.1) is 21.4 Å². The lowest BCUT2D eigenvalue weighted by atomic mass is 10.1. The summed E-state index contributed by atoms with van der Waals surface area (Å²) in [4.78, 5) is 27.8. The Morgan fingerprint density at radius 2 is 1.96 bits per heavy atom. The van der Waals surface area contributed by atoms with Crippen molar-refractivity contribution in [2.75, 3.05) is 7.05 Å². The number of nitrogens with two attached hydrogens (primary N) is 1. The van der Waals surface area contributed by atoms with E-state index in [2.05, 4.69) is 4.98 Å². The molecular formula is C18H18N4O5S. The molecule has 3 aromatic rings. The standard InChI is InChI=1S/C18H18N4O5S/c1-11(12-4-3-5-14(8-12)28(19,26)27)21(2)18(23)16-10-20-17-7-6-13(22(24)25)9-15(16)17/h3-11,20H,1-2H3,(H2,19,26,27). The molecule has 9 nitrogen and oxygen atoms in total. The van der Waals surface area contributed by atoms with Crippen LogP contribution >= 0.6 is 0 Å².